The number of thioether (sulfide) groups is 2. The van der Waals surface area contributed by atoms with Crippen molar-refractivity contribution in [3.8, 4) is 0 Å². The van der Waals surface area contributed by atoms with E-state index < -0.39 is 41.2 Å². The summed E-state index contributed by atoms with van der Waals surface area (Å²) in [5.74, 6) is -6.56. The van der Waals surface area contributed by atoms with Crippen LogP contribution in [0.5, 0.6) is 0 Å². The number of alkyl halides is 2. The third-order valence-electron chi connectivity index (χ3n) is 4.49. The Labute approximate surface area is 187 Å². The highest BCUT2D eigenvalue weighted by Gasteiger charge is 2.67. The maximum absolute atomic E-state index is 12.8. The predicted octanol–water partition coefficient (Wildman–Crippen LogP) is -1.29. The first-order valence-electron chi connectivity index (χ1n) is 8.91. The number of aromatic nitrogens is 4. The number of nitrogens with one attached hydrogen (secondary N) is 1. The first-order chi connectivity index (χ1) is 15.2. The first kappa shape index (κ1) is 24.3. The predicted molar refractivity (Wildman–Crippen MR) is 103 cm³/mol. The maximum atomic E-state index is 12.8. The van der Waals surface area contributed by atoms with Crippen LogP contribution in [0.1, 0.15) is 0 Å². The van der Waals surface area contributed by atoms with E-state index in [-0.39, 0.29) is 48.5 Å². The van der Waals surface area contributed by atoms with Crippen molar-refractivity contribution in [3.63, 3.8) is 0 Å². The number of nitrogens with zero attached hydrogens (tertiary/aromatic N) is 5. The SMILES string of the molecule is CO[C@@]1(NC(=O)CSC(F)F)C(=O)N2C(C(=O)O)=C(CSc3nnnn3CCO)COC21. The van der Waals surface area contributed by atoms with Crippen molar-refractivity contribution in [2.24, 2.45) is 0 Å². The van der Waals surface area contributed by atoms with Crippen LogP contribution in [-0.4, -0.2) is 103 Å². The van der Waals surface area contributed by atoms with Gasteiger partial charge in [-0.15, -0.1) is 5.10 Å². The Morgan fingerprint density at radius 2 is 2.22 bits per heavy atom. The Kier molecular flexibility index (Phi) is 7.65. The fraction of sp³-hybridized carbons (Fsp3) is 0.600. The fourth-order valence-corrected chi connectivity index (χ4v) is 4.37. The second-order valence-corrected chi connectivity index (χ2v) is 8.27. The molecule has 1 aromatic heterocycles. The van der Waals surface area contributed by atoms with Crippen molar-refractivity contribution in [3.05, 3.63) is 11.3 Å². The number of amides is 2. The number of aliphatic hydroxyl groups is 1. The molecule has 2 atom stereocenters. The van der Waals surface area contributed by atoms with E-state index in [4.69, 9.17) is 14.6 Å². The molecule has 1 fully saturated rings. The van der Waals surface area contributed by atoms with E-state index in [1.165, 1.54) is 4.68 Å². The summed E-state index contributed by atoms with van der Waals surface area (Å²) < 4.78 is 36.7. The molecule has 1 unspecified atom stereocenters. The van der Waals surface area contributed by atoms with Gasteiger partial charge in [0.2, 0.25) is 11.1 Å². The summed E-state index contributed by atoms with van der Waals surface area (Å²) in [6.07, 6.45) is -1.29. The molecular formula is C15H18F2N6O7S2. The molecule has 17 heteroatoms. The Morgan fingerprint density at radius 3 is 2.84 bits per heavy atom. The number of carboxylic acids is 1. The highest BCUT2D eigenvalue weighted by molar-refractivity contribution is 8.00. The number of halogens is 2. The van der Waals surface area contributed by atoms with E-state index >= 15 is 0 Å². The quantitative estimate of drug-likeness (QED) is 0.189. The van der Waals surface area contributed by atoms with Crippen molar-refractivity contribution >= 4 is 41.3 Å². The number of tetrazole rings is 1. The van der Waals surface area contributed by atoms with Crippen LogP contribution in [0, 0.1) is 0 Å². The summed E-state index contributed by atoms with van der Waals surface area (Å²) in [4.78, 5) is 37.6. The Hall–Kier alpha value is -2.34. The largest absolute Gasteiger partial charge is 0.477 e. The molecule has 32 heavy (non-hydrogen) atoms. The van der Waals surface area contributed by atoms with Gasteiger partial charge in [-0.1, -0.05) is 23.5 Å². The molecule has 0 bridgehead atoms. The zero-order valence-electron chi connectivity index (χ0n) is 16.4. The van der Waals surface area contributed by atoms with Crippen molar-refractivity contribution in [2.45, 2.75) is 29.4 Å². The molecule has 3 N–H and O–H groups in total. The van der Waals surface area contributed by atoms with Crippen molar-refractivity contribution in [1.29, 1.82) is 0 Å². The van der Waals surface area contributed by atoms with Gasteiger partial charge in [-0.25, -0.2) is 9.48 Å². The molecule has 0 aromatic carbocycles. The van der Waals surface area contributed by atoms with Gasteiger partial charge in [-0.2, -0.15) is 8.78 Å². The number of aliphatic hydroxyl groups excluding tert-OH is 1. The Bertz CT molecular complexity index is 932. The van der Waals surface area contributed by atoms with E-state index in [9.17, 15) is 28.3 Å². The molecule has 1 saturated heterocycles. The zero-order chi connectivity index (χ0) is 23.5. The molecule has 176 valence electrons. The topological polar surface area (TPSA) is 169 Å². The average Bonchev–Trinajstić information content (AvgIpc) is 3.20. The van der Waals surface area contributed by atoms with Crippen LogP contribution in [0.25, 0.3) is 0 Å². The summed E-state index contributed by atoms with van der Waals surface area (Å²) in [5, 5.41) is 32.3. The number of methoxy groups -OCH3 is 1. The van der Waals surface area contributed by atoms with Crippen molar-refractivity contribution in [2.75, 3.05) is 31.8 Å². The van der Waals surface area contributed by atoms with Gasteiger partial charge in [-0.05, 0) is 16.0 Å². The monoisotopic (exact) mass is 496 g/mol. The molecule has 0 aliphatic carbocycles. The summed E-state index contributed by atoms with van der Waals surface area (Å²) in [6, 6.07) is 0. The van der Waals surface area contributed by atoms with E-state index in [1.54, 1.807) is 0 Å². The average molecular weight is 496 g/mol. The normalized spacial score (nSPS) is 22.7. The molecule has 3 rings (SSSR count). The van der Waals surface area contributed by atoms with Gasteiger partial charge in [0, 0.05) is 12.9 Å². The highest BCUT2D eigenvalue weighted by Crippen LogP contribution is 2.41. The van der Waals surface area contributed by atoms with Crippen LogP contribution in [0.3, 0.4) is 0 Å². The van der Waals surface area contributed by atoms with E-state index in [1.807, 2.05) is 0 Å². The number of hydrogen-bond acceptors (Lipinski definition) is 11. The molecule has 0 saturated carbocycles. The van der Waals surface area contributed by atoms with E-state index in [0.717, 1.165) is 23.8 Å². The minimum atomic E-state index is -2.78. The lowest BCUT2D eigenvalue weighted by molar-refractivity contribution is -0.257. The molecule has 2 aliphatic heterocycles. The summed E-state index contributed by atoms with van der Waals surface area (Å²) in [6.45, 7) is -0.268. The van der Waals surface area contributed by atoms with Crippen LogP contribution < -0.4 is 5.32 Å². The lowest BCUT2D eigenvalue weighted by atomic mass is 9.94. The number of hydrogen-bond donors (Lipinski definition) is 3. The molecule has 1 aromatic rings. The summed E-state index contributed by atoms with van der Waals surface area (Å²) in [5.41, 5.74) is -2.12. The lowest BCUT2D eigenvalue weighted by Gasteiger charge is -2.55. The van der Waals surface area contributed by atoms with E-state index in [0.29, 0.717) is 5.16 Å². The Morgan fingerprint density at radius 1 is 1.47 bits per heavy atom. The molecule has 0 spiro atoms. The number of carboxylic acid groups (broad SMARTS) is 1. The maximum Gasteiger partial charge on any atom is 0.352 e. The second-order valence-electron chi connectivity index (χ2n) is 6.35. The molecule has 0 radical (unpaired) electrons. The third-order valence-corrected chi connectivity index (χ3v) is 6.21. The number of rotatable bonds is 11. The number of ether oxygens (including phenoxy) is 2. The van der Waals surface area contributed by atoms with Gasteiger partial charge in [0.15, 0.2) is 6.23 Å². The minimum absolute atomic E-state index is 0.0569. The van der Waals surface area contributed by atoms with Gasteiger partial charge in [0.05, 0.1) is 25.5 Å². The van der Waals surface area contributed by atoms with Crippen LogP contribution in [0.2, 0.25) is 0 Å². The van der Waals surface area contributed by atoms with Gasteiger partial charge in [0.1, 0.15) is 5.70 Å². The molecule has 3 heterocycles. The lowest BCUT2D eigenvalue weighted by Crippen LogP contribution is -2.82. The third kappa shape index (κ3) is 4.56. The molecule has 13 nitrogen and oxygen atoms in total. The fourth-order valence-electron chi connectivity index (χ4n) is 3.12. The summed E-state index contributed by atoms with van der Waals surface area (Å²) in [7, 11) is 1.11. The van der Waals surface area contributed by atoms with Crippen LogP contribution in [0.15, 0.2) is 16.4 Å². The number of carbonyl (C=O) groups is 3. The van der Waals surface area contributed by atoms with Crippen molar-refractivity contribution in [1.82, 2.24) is 30.4 Å². The minimum Gasteiger partial charge on any atom is -0.477 e. The Balaban J connectivity index is 1.77. The van der Waals surface area contributed by atoms with Crippen LogP contribution in [-0.2, 0) is 30.4 Å². The number of carbonyl (C=O) groups excluding carboxylic acids is 2. The van der Waals surface area contributed by atoms with Gasteiger partial charge in [-0.3, -0.25) is 14.5 Å². The van der Waals surface area contributed by atoms with Gasteiger partial charge in [0.25, 0.3) is 17.4 Å². The van der Waals surface area contributed by atoms with Gasteiger partial charge >= 0.3 is 5.97 Å². The number of aliphatic carboxylic acids is 1. The van der Waals surface area contributed by atoms with E-state index in [2.05, 4.69) is 20.8 Å². The summed E-state index contributed by atoms with van der Waals surface area (Å²) >= 11 is 1.14. The molecule has 2 aliphatic rings. The molecule has 2 amide bonds. The smallest absolute Gasteiger partial charge is 0.352 e. The highest BCUT2D eigenvalue weighted by atomic mass is 32.2. The number of fused-ring (bicyclic) bond motifs is 1. The zero-order valence-corrected chi connectivity index (χ0v) is 18.1. The van der Waals surface area contributed by atoms with Crippen molar-refractivity contribution < 1.29 is 42.9 Å². The second kappa shape index (κ2) is 10.1. The molecular weight excluding hydrogens is 478 g/mol. The standard InChI is InChI=1S/C15H18F2N6O7S2/c1-29-15(18-8(25)6-31-13(16)17)11(28)23-9(10(26)27)7(4-30-12(15)23)5-32-14-19-20-21-22(14)2-3-24/h12-13,24H,2-6H2,1H3,(H,18,25)(H,26,27)/t12?,15-/m0/s1. The van der Waals surface area contributed by atoms with Crippen LogP contribution >= 0.6 is 23.5 Å². The van der Waals surface area contributed by atoms with Gasteiger partial charge < -0.3 is 25.0 Å². The first-order valence-corrected chi connectivity index (χ1v) is 10.9. The number of β-lactam (4-membered cyclic amide) rings is 1. The van der Waals surface area contributed by atoms with Crippen LogP contribution in [0.4, 0.5) is 8.78 Å².